The van der Waals surface area contributed by atoms with Crippen LogP contribution in [0.5, 0.6) is 5.75 Å². The fraction of sp³-hybridized carbons (Fsp3) is 0.300. The van der Waals surface area contributed by atoms with Gasteiger partial charge >= 0.3 is 12.2 Å². The van der Waals surface area contributed by atoms with Gasteiger partial charge in [0.05, 0.1) is 18.0 Å². The number of urea groups is 1. The molecule has 12 heteroatoms. The number of primary amides is 1. The molecule has 0 saturated heterocycles. The average molecular weight is 583 g/mol. The fourth-order valence-electron chi connectivity index (χ4n) is 4.95. The number of amides is 2. The lowest BCUT2D eigenvalue weighted by Crippen LogP contribution is -2.32. The van der Waals surface area contributed by atoms with Crippen molar-refractivity contribution in [2.45, 2.75) is 39.9 Å². The number of rotatable bonds is 7. The van der Waals surface area contributed by atoms with Gasteiger partial charge in [-0.3, -0.25) is 0 Å². The fourth-order valence-corrected chi connectivity index (χ4v) is 4.95. The Morgan fingerprint density at radius 2 is 1.86 bits per heavy atom. The first-order chi connectivity index (χ1) is 19.9. The van der Waals surface area contributed by atoms with Crippen molar-refractivity contribution in [3.8, 4) is 22.7 Å². The third-order valence-corrected chi connectivity index (χ3v) is 6.86. The van der Waals surface area contributed by atoms with E-state index < -0.39 is 23.7 Å². The van der Waals surface area contributed by atoms with E-state index in [0.717, 1.165) is 28.6 Å². The molecule has 1 aliphatic rings. The topological polar surface area (TPSA) is 98.3 Å². The molecule has 8 nitrogen and oxygen atoms in total. The molecule has 0 aliphatic carbocycles. The predicted molar refractivity (Wildman–Crippen MR) is 151 cm³/mol. The van der Waals surface area contributed by atoms with Crippen LogP contribution in [0, 0.1) is 18.7 Å². The Kier molecular flexibility index (Phi) is 7.81. The van der Waals surface area contributed by atoms with Crippen LogP contribution in [0.15, 0.2) is 54.6 Å². The number of nitrogens with one attached hydrogen (secondary N) is 1. The van der Waals surface area contributed by atoms with Gasteiger partial charge in [-0.05, 0) is 48.7 Å². The van der Waals surface area contributed by atoms with Gasteiger partial charge in [0.1, 0.15) is 17.1 Å². The minimum atomic E-state index is -4.71. The molecule has 0 atom stereocenters. The maximum atomic E-state index is 14.9. The van der Waals surface area contributed by atoms with Crippen LogP contribution in [0.1, 0.15) is 36.4 Å². The van der Waals surface area contributed by atoms with Crippen LogP contribution < -0.4 is 20.7 Å². The number of carbonyl (C=O) groups is 1. The van der Waals surface area contributed by atoms with Crippen molar-refractivity contribution in [3.05, 3.63) is 82.9 Å². The molecule has 5 rings (SSSR count). The smallest absolute Gasteiger partial charge is 0.433 e. The van der Waals surface area contributed by atoms with Crippen LogP contribution in [0.25, 0.3) is 16.9 Å². The molecule has 0 fully saturated rings. The molecule has 4 aromatic rings. The van der Waals surface area contributed by atoms with Crippen LogP contribution in [0.2, 0.25) is 0 Å². The highest BCUT2D eigenvalue weighted by Crippen LogP contribution is 2.39. The first-order valence-electron chi connectivity index (χ1n) is 13.4. The Bertz CT molecular complexity index is 1620. The maximum Gasteiger partial charge on any atom is 0.433 e. The van der Waals surface area contributed by atoms with Crippen molar-refractivity contribution in [2.24, 2.45) is 11.7 Å². The van der Waals surface area contributed by atoms with Gasteiger partial charge in [0, 0.05) is 36.3 Å². The molecule has 2 aromatic carbocycles. The van der Waals surface area contributed by atoms with Crippen LogP contribution in [0.3, 0.4) is 0 Å². The van der Waals surface area contributed by atoms with Gasteiger partial charge in [-0.15, -0.1) is 0 Å². The van der Waals surface area contributed by atoms with E-state index in [4.69, 9.17) is 15.6 Å². The Morgan fingerprint density at radius 1 is 1.12 bits per heavy atom. The van der Waals surface area contributed by atoms with Crippen molar-refractivity contribution < 1.29 is 27.1 Å². The zero-order chi connectivity index (χ0) is 30.2. The second-order valence-electron chi connectivity index (χ2n) is 10.5. The zero-order valence-electron chi connectivity index (χ0n) is 23.3. The number of ether oxygens (including phenoxy) is 1. The van der Waals surface area contributed by atoms with Gasteiger partial charge in [-0.25, -0.2) is 18.9 Å². The Hall–Kier alpha value is -4.61. The molecule has 3 N–H and O–H groups in total. The number of pyridine rings is 1. The van der Waals surface area contributed by atoms with E-state index in [1.165, 1.54) is 4.90 Å². The summed E-state index contributed by atoms with van der Waals surface area (Å²) in [7, 11) is 0. The second-order valence-corrected chi connectivity index (χ2v) is 10.5. The van der Waals surface area contributed by atoms with Gasteiger partial charge in [-0.2, -0.15) is 18.3 Å². The lowest BCUT2D eigenvalue weighted by Gasteiger charge is -2.28. The number of halogens is 4. The third kappa shape index (κ3) is 5.88. The predicted octanol–water partition coefficient (Wildman–Crippen LogP) is 6.49. The number of aromatic nitrogens is 3. The van der Waals surface area contributed by atoms with Gasteiger partial charge in [0.2, 0.25) is 0 Å². The molecule has 2 aromatic heterocycles. The first-order valence-corrected chi connectivity index (χ1v) is 13.4. The summed E-state index contributed by atoms with van der Waals surface area (Å²) in [5.41, 5.74) is 9.03. The number of para-hydroxylation sites is 1. The molecule has 0 radical (unpaired) electrons. The summed E-state index contributed by atoms with van der Waals surface area (Å²) in [6.45, 7) is 6.81. The van der Waals surface area contributed by atoms with Crippen LogP contribution in [0.4, 0.5) is 33.9 Å². The molecule has 1 aliphatic heterocycles. The highest BCUT2D eigenvalue weighted by atomic mass is 19.4. The summed E-state index contributed by atoms with van der Waals surface area (Å²) in [5.74, 6) is -0.311. The Labute approximate surface area is 240 Å². The molecule has 220 valence electrons. The number of fused-ring (bicyclic) bond motifs is 1. The van der Waals surface area contributed by atoms with Gasteiger partial charge in [0.15, 0.2) is 11.6 Å². The van der Waals surface area contributed by atoms with Gasteiger partial charge < -0.3 is 20.7 Å². The van der Waals surface area contributed by atoms with E-state index in [0.29, 0.717) is 41.8 Å². The quantitative estimate of drug-likeness (QED) is 0.243. The number of hydrogen-bond donors (Lipinski definition) is 2. The third-order valence-electron chi connectivity index (χ3n) is 6.86. The number of nitrogens with two attached hydrogens (primary N) is 1. The highest BCUT2D eigenvalue weighted by molar-refractivity contribution is 5.88. The molecule has 0 bridgehead atoms. The minimum Gasteiger partial charge on any atom is -0.491 e. The minimum absolute atomic E-state index is 0.0747. The van der Waals surface area contributed by atoms with E-state index in [9.17, 15) is 22.4 Å². The summed E-state index contributed by atoms with van der Waals surface area (Å²) in [4.78, 5) is 16.5. The number of nitrogens with zero attached hydrogens (tertiary/aromatic N) is 4. The van der Waals surface area contributed by atoms with Crippen molar-refractivity contribution in [2.75, 3.05) is 23.4 Å². The van der Waals surface area contributed by atoms with E-state index >= 15 is 0 Å². The van der Waals surface area contributed by atoms with Gasteiger partial charge in [0.25, 0.3) is 0 Å². The van der Waals surface area contributed by atoms with Gasteiger partial charge in [-0.1, -0.05) is 38.1 Å². The maximum absolute atomic E-state index is 14.9. The zero-order valence-corrected chi connectivity index (χ0v) is 23.3. The lowest BCUT2D eigenvalue weighted by atomic mass is 10.00. The Balaban J connectivity index is 1.65. The molecule has 0 unspecified atom stereocenters. The number of benzene rings is 2. The van der Waals surface area contributed by atoms with Crippen LogP contribution >= 0.6 is 0 Å². The van der Waals surface area contributed by atoms with Crippen LogP contribution in [-0.2, 0) is 19.1 Å². The summed E-state index contributed by atoms with van der Waals surface area (Å²) in [6.07, 6.45) is -4.36. The first kappa shape index (κ1) is 28.9. The standard InChI is InChI=1S/C30H30F4N6O2/c1-17(2)16-42-24-6-4-5-18(3)26(24)40-27(19-7-9-20(10-8-19)36-29(35)41)21-15-39(14-13-23(21)38-40)28-22(31)11-12-25(37-28)30(32,33)34/h4-12,17H,13-16H2,1-3H3,(H3,35,36,41). The lowest BCUT2D eigenvalue weighted by molar-refractivity contribution is -0.141. The Morgan fingerprint density at radius 3 is 2.52 bits per heavy atom. The molecule has 2 amide bonds. The largest absolute Gasteiger partial charge is 0.491 e. The number of anilines is 2. The summed E-state index contributed by atoms with van der Waals surface area (Å²) < 4.78 is 63.1. The normalized spacial score (nSPS) is 13.3. The van der Waals surface area contributed by atoms with E-state index in [1.54, 1.807) is 28.9 Å². The molecular formula is C30H30F4N6O2. The summed E-state index contributed by atoms with van der Waals surface area (Å²) in [5, 5.41) is 7.48. The van der Waals surface area contributed by atoms with E-state index in [2.05, 4.69) is 10.3 Å². The number of hydrogen-bond acceptors (Lipinski definition) is 5. The molecule has 42 heavy (non-hydrogen) atoms. The van der Waals surface area contributed by atoms with Crippen LogP contribution in [-0.4, -0.2) is 33.9 Å². The molecule has 3 heterocycles. The van der Waals surface area contributed by atoms with Crippen molar-refractivity contribution >= 4 is 17.5 Å². The number of carbonyl (C=O) groups excluding carboxylic acids is 1. The number of alkyl halides is 3. The monoisotopic (exact) mass is 582 g/mol. The highest BCUT2D eigenvalue weighted by Gasteiger charge is 2.35. The van der Waals surface area contributed by atoms with E-state index in [-0.39, 0.29) is 24.8 Å². The second kappa shape index (κ2) is 11.3. The van der Waals surface area contributed by atoms with Crippen molar-refractivity contribution in [3.63, 3.8) is 0 Å². The molecular weight excluding hydrogens is 552 g/mol. The van der Waals surface area contributed by atoms with E-state index in [1.807, 2.05) is 39.0 Å². The summed E-state index contributed by atoms with van der Waals surface area (Å²) >= 11 is 0. The van der Waals surface area contributed by atoms with Crippen molar-refractivity contribution in [1.82, 2.24) is 14.8 Å². The summed E-state index contributed by atoms with van der Waals surface area (Å²) in [6, 6.07) is 13.4. The van der Waals surface area contributed by atoms with Crippen molar-refractivity contribution in [1.29, 1.82) is 0 Å². The SMILES string of the molecule is Cc1cccc(OCC(C)C)c1-n1nc2c(c1-c1ccc(NC(N)=O)cc1)CN(c1nc(C(F)(F)F)ccc1F)CC2. The average Bonchev–Trinajstić information content (AvgIpc) is 3.29. The molecule has 0 saturated carbocycles. The molecule has 0 spiro atoms. The number of aryl methyl sites for hydroxylation is 1.